The lowest BCUT2D eigenvalue weighted by atomic mass is 10.1. The zero-order valence-corrected chi connectivity index (χ0v) is 9.53. The molecular weight excluding hydrogens is 228 g/mol. The van der Waals surface area contributed by atoms with Gasteiger partial charge in [-0.25, -0.2) is 4.79 Å². The number of carbonyl (C=O) groups is 2. The Bertz CT molecular complexity index is 424. The van der Waals surface area contributed by atoms with Gasteiger partial charge in [-0.1, -0.05) is 29.8 Å². The second kappa shape index (κ2) is 6.08. The number of carbonyl (C=O) groups excluding carboxylic acids is 2. The molecule has 0 fully saturated rings. The van der Waals surface area contributed by atoms with Crippen LogP contribution >= 0.6 is 11.6 Å². The van der Waals surface area contributed by atoms with E-state index in [1.807, 2.05) is 0 Å². The summed E-state index contributed by atoms with van der Waals surface area (Å²) in [6, 6.07) is 5.00. The zero-order chi connectivity index (χ0) is 12.0. The highest BCUT2D eigenvalue weighted by Gasteiger charge is 2.10. The maximum atomic E-state index is 11.3. The number of benzene rings is 1. The largest absolute Gasteiger partial charge is 0.465 e. The normalized spacial score (nSPS) is 10.4. The molecule has 0 aromatic heterocycles. The smallest absolute Gasteiger partial charge is 0.339 e. The van der Waals surface area contributed by atoms with Gasteiger partial charge in [-0.15, -0.1) is 0 Å². The number of hydrogen-bond donors (Lipinski definition) is 0. The van der Waals surface area contributed by atoms with Gasteiger partial charge in [0.05, 0.1) is 17.7 Å². The number of allylic oxidation sites excluding steroid dienone is 1. The Kier molecular flexibility index (Phi) is 4.73. The Morgan fingerprint density at radius 3 is 2.88 bits per heavy atom. The first-order chi connectivity index (χ1) is 7.69. The summed E-state index contributed by atoms with van der Waals surface area (Å²) in [4.78, 5) is 21.5. The molecule has 0 unspecified atom stereocenters. The van der Waals surface area contributed by atoms with Crippen molar-refractivity contribution >= 4 is 29.9 Å². The molecular formula is C12H11ClO3. The highest BCUT2D eigenvalue weighted by Crippen LogP contribution is 2.19. The molecule has 1 rings (SSSR count). The fourth-order valence-electron chi connectivity index (χ4n) is 1.17. The van der Waals surface area contributed by atoms with E-state index in [1.54, 1.807) is 30.4 Å². The van der Waals surface area contributed by atoms with Crippen molar-refractivity contribution in [1.29, 1.82) is 0 Å². The minimum Gasteiger partial charge on any atom is -0.465 e. The molecule has 0 atom stereocenters. The van der Waals surface area contributed by atoms with Gasteiger partial charge >= 0.3 is 5.97 Å². The van der Waals surface area contributed by atoms with E-state index in [-0.39, 0.29) is 0 Å². The molecule has 0 aliphatic rings. The molecule has 1 aromatic carbocycles. The number of ether oxygens (including phenoxy) is 1. The van der Waals surface area contributed by atoms with Crippen molar-refractivity contribution in [3.8, 4) is 0 Å². The van der Waals surface area contributed by atoms with E-state index in [0.29, 0.717) is 17.0 Å². The summed E-state index contributed by atoms with van der Waals surface area (Å²) in [5.41, 5.74) is 1.11. The van der Waals surface area contributed by atoms with Crippen molar-refractivity contribution < 1.29 is 14.3 Å². The Morgan fingerprint density at radius 1 is 1.50 bits per heavy atom. The van der Waals surface area contributed by atoms with Crippen LogP contribution in [-0.4, -0.2) is 19.4 Å². The van der Waals surface area contributed by atoms with Crippen LogP contribution in [0.25, 0.3) is 6.08 Å². The summed E-state index contributed by atoms with van der Waals surface area (Å²) < 4.78 is 4.59. The number of aldehydes is 1. The lowest BCUT2D eigenvalue weighted by molar-refractivity contribution is -0.107. The van der Waals surface area contributed by atoms with E-state index < -0.39 is 5.97 Å². The van der Waals surface area contributed by atoms with E-state index in [4.69, 9.17) is 11.6 Å². The molecule has 0 heterocycles. The van der Waals surface area contributed by atoms with Crippen LogP contribution in [0.1, 0.15) is 22.3 Å². The van der Waals surface area contributed by atoms with Gasteiger partial charge in [0.15, 0.2) is 0 Å². The highest BCUT2D eigenvalue weighted by atomic mass is 35.5. The summed E-state index contributed by atoms with van der Waals surface area (Å²) in [5.74, 6) is -0.476. The van der Waals surface area contributed by atoms with Crippen molar-refractivity contribution in [2.24, 2.45) is 0 Å². The van der Waals surface area contributed by atoms with E-state index in [0.717, 1.165) is 11.8 Å². The number of halogens is 1. The molecule has 0 aliphatic carbocycles. The number of rotatable bonds is 4. The zero-order valence-electron chi connectivity index (χ0n) is 8.77. The van der Waals surface area contributed by atoms with Crippen molar-refractivity contribution in [3.63, 3.8) is 0 Å². The number of methoxy groups -OCH3 is 1. The average molecular weight is 239 g/mol. The third-order valence-corrected chi connectivity index (χ3v) is 2.27. The van der Waals surface area contributed by atoms with E-state index in [2.05, 4.69) is 4.74 Å². The van der Waals surface area contributed by atoms with Gasteiger partial charge in [0.25, 0.3) is 0 Å². The monoisotopic (exact) mass is 238 g/mol. The van der Waals surface area contributed by atoms with Crippen LogP contribution in [-0.2, 0) is 9.53 Å². The Balaban J connectivity index is 2.97. The van der Waals surface area contributed by atoms with E-state index in [9.17, 15) is 9.59 Å². The van der Waals surface area contributed by atoms with Crippen LogP contribution < -0.4 is 0 Å². The summed E-state index contributed by atoms with van der Waals surface area (Å²) in [6.07, 6.45) is 4.60. The first-order valence-corrected chi connectivity index (χ1v) is 5.05. The molecule has 4 heteroatoms. The highest BCUT2D eigenvalue weighted by molar-refractivity contribution is 6.33. The maximum Gasteiger partial charge on any atom is 0.339 e. The number of hydrogen-bond acceptors (Lipinski definition) is 3. The van der Waals surface area contributed by atoms with E-state index >= 15 is 0 Å². The van der Waals surface area contributed by atoms with Crippen molar-refractivity contribution in [2.45, 2.75) is 6.42 Å². The summed E-state index contributed by atoms with van der Waals surface area (Å²) in [6.45, 7) is 0. The van der Waals surface area contributed by atoms with Crippen LogP contribution in [0.4, 0.5) is 0 Å². The van der Waals surface area contributed by atoms with Gasteiger partial charge in [0.2, 0.25) is 0 Å². The fourth-order valence-corrected chi connectivity index (χ4v) is 1.37. The van der Waals surface area contributed by atoms with Gasteiger partial charge in [-0.05, 0) is 17.7 Å². The molecule has 0 saturated heterocycles. The van der Waals surface area contributed by atoms with E-state index in [1.165, 1.54) is 7.11 Å². The second-order valence-electron chi connectivity index (χ2n) is 3.04. The summed E-state index contributed by atoms with van der Waals surface area (Å²) >= 11 is 5.85. The van der Waals surface area contributed by atoms with Gasteiger partial charge in [0, 0.05) is 6.42 Å². The van der Waals surface area contributed by atoms with Gasteiger partial charge in [0.1, 0.15) is 6.29 Å². The predicted octanol–water partition coefficient (Wildman–Crippen LogP) is 2.73. The fraction of sp³-hybridized carbons (Fsp3) is 0.167. The van der Waals surface area contributed by atoms with Gasteiger partial charge in [-0.3, -0.25) is 0 Å². The van der Waals surface area contributed by atoms with Crippen LogP contribution in [0.2, 0.25) is 5.02 Å². The average Bonchev–Trinajstić information content (AvgIpc) is 2.30. The lowest BCUT2D eigenvalue weighted by Gasteiger charge is -2.03. The van der Waals surface area contributed by atoms with Gasteiger partial charge in [-0.2, -0.15) is 0 Å². The molecule has 0 spiro atoms. The Labute approximate surface area is 98.7 Å². The van der Waals surface area contributed by atoms with Crippen molar-refractivity contribution in [1.82, 2.24) is 0 Å². The molecule has 84 valence electrons. The van der Waals surface area contributed by atoms with Crippen molar-refractivity contribution in [2.75, 3.05) is 7.11 Å². The first kappa shape index (κ1) is 12.5. The SMILES string of the molecule is COC(=O)c1cc(C=CCC=O)ccc1Cl. The van der Waals surface area contributed by atoms with Gasteiger partial charge < -0.3 is 9.53 Å². The minimum absolute atomic E-state index is 0.317. The van der Waals surface area contributed by atoms with Crippen LogP contribution in [0.15, 0.2) is 24.3 Å². The van der Waals surface area contributed by atoms with Crippen LogP contribution in [0.3, 0.4) is 0 Å². The first-order valence-electron chi connectivity index (χ1n) is 4.67. The quantitative estimate of drug-likeness (QED) is 0.598. The molecule has 1 aromatic rings. The minimum atomic E-state index is -0.476. The summed E-state index contributed by atoms with van der Waals surface area (Å²) in [5, 5.41) is 0.347. The Hall–Kier alpha value is -1.61. The molecule has 16 heavy (non-hydrogen) atoms. The second-order valence-corrected chi connectivity index (χ2v) is 3.44. The molecule has 0 radical (unpaired) electrons. The lowest BCUT2D eigenvalue weighted by Crippen LogP contribution is -2.02. The molecule has 0 bridgehead atoms. The molecule has 0 saturated carbocycles. The molecule has 0 N–H and O–H groups in total. The standard InChI is InChI=1S/C12H11ClO3/c1-16-12(15)10-8-9(4-2-3-7-14)5-6-11(10)13/h2,4-8H,3H2,1H3. The van der Waals surface area contributed by atoms with Crippen molar-refractivity contribution in [3.05, 3.63) is 40.4 Å². The molecule has 0 amide bonds. The maximum absolute atomic E-state index is 11.3. The topological polar surface area (TPSA) is 43.4 Å². The predicted molar refractivity (Wildman–Crippen MR) is 62.5 cm³/mol. The van der Waals surface area contributed by atoms with Crippen LogP contribution in [0, 0.1) is 0 Å². The number of esters is 1. The molecule has 0 aliphatic heterocycles. The third-order valence-electron chi connectivity index (χ3n) is 1.94. The summed E-state index contributed by atoms with van der Waals surface area (Å²) in [7, 11) is 1.30. The Morgan fingerprint density at radius 2 is 2.25 bits per heavy atom. The third kappa shape index (κ3) is 3.21. The van der Waals surface area contributed by atoms with Crippen LogP contribution in [0.5, 0.6) is 0 Å². The molecule has 3 nitrogen and oxygen atoms in total.